The molecule has 5 N–H and O–H groups in total. The first kappa shape index (κ1) is 12.4. The van der Waals surface area contributed by atoms with Gasteiger partial charge in [-0.2, -0.15) is 4.99 Å². The normalized spacial score (nSPS) is 18.7. The molecule has 1 aromatic rings. The fourth-order valence-electron chi connectivity index (χ4n) is 2.44. The lowest BCUT2D eigenvalue weighted by molar-refractivity contribution is 0.501. The van der Waals surface area contributed by atoms with E-state index in [1.54, 1.807) is 0 Å². The molecule has 0 saturated carbocycles. The smallest absolute Gasteiger partial charge is 0.221 e. The maximum Gasteiger partial charge on any atom is 0.221 e. The first-order valence-corrected chi connectivity index (χ1v) is 6.06. The molecule has 1 aliphatic rings. The molecule has 0 bridgehead atoms. The van der Waals surface area contributed by atoms with E-state index < -0.39 is 0 Å². The van der Waals surface area contributed by atoms with Gasteiger partial charge in [0, 0.05) is 19.0 Å². The Labute approximate surface area is 107 Å². The summed E-state index contributed by atoms with van der Waals surface area (Å²) in [6.07, 6.45) is 1.03. The molecule has 5 nitrogen and oxygen atoms in total. The van der Waals surface area contributed by atoms with Gasteiger partial charge in [-0.1, -0.05) is 24.3 Å². The van der Waals surface area contributed by atoms with E-state index >= 15 is 0 Å². The standard InChI is InChI=1S/C13H19N5/c1-9-4-2-3-5-11(9)10-6-7-18(8-10)13(16)17-12(14)15/h2-5,10H,6-8H2,1H3,(H5,14,15,16,17). The van der Waals surface area contributed by atoms with Crippen LogP contribution in [0, 0.1) is 12.3 Å². The Bertz CT molecular complexity index is 476. The van der Waals surface area contributed by atoms with Gasteiger partial charge in [-0.3, -0.25) is 5.41 Å². The van der Waals surface area contributed by atoms with Crippen molar-refractivity contribution in [2.24, 2.45) is 16.5 Å². The van der Waals surface area contributed by atoms with Crippen LogP contribution >= 0.6 is 0 Å². The van der Waals surface area contributed by atoms with Crippen molar-refractivity contribution >= 4 is 11.9 Å². The minimum absolute atomic E-state index is 0.0562. The highest BCUT2D eigenvalue weighted by atomic mass is 15.3. The van der Waals surface area contributed by atoms with E-state index in [0.29, 0.717) is 5.92 Å². The fourth-order valence-corrected chi connectivity index (χ4v) is 2.44. The van der Waals surface area contributed by atoms with Crippen LogP contribution in [0.1, 0.15) is 23.5 Å². The summed E-state index contributed by atoms with van der Waals surface area (Å²) in [7, 11) is 0. The topological polar surface area (TPSA) is 91.5 Å². The zero-order chi connectivity index (χ0) is 13.1. The van der Waals surface area contributed by atoms with E-state index in [4.69, 9.17) is 16.9 Å². The number of hydrogen-bond acceptors (Lipinski definition) is 1. The van der Waals surface area contributed by atoms with Crippen LogP contribution in [0.25, 0.3) is 0 Å². The van der Waals surface area contributed by atoms with E-state index in [9.17, 15) is 0 Å². The van der Waals surface area contributed by atoms with E-state index in [2.05, 4.69) is 30.1 Å². The van der Waals surface area contributed by atoms with Crippen molar-refractivity contribution in [3.8, 4) is 0 Å². The van der Waals surface area contributed by atoms with Gasteiger partial charge >= 0.3 is 0 Å². The third kappa shape index (κ3) is 2.61. The van der Waals surface area contributed by atoms with Crippen LogP contribution < -0.4 is 11.5 Å². The van der Waals surface area contributed by atoms with Crippen LogP contribution in [-0.4, -0.2) is 29.9 Å². The summed E-state index contributed by atoms with van der Waals surface area (Å²) < 4.78 is 0. The molecule has 96 valence electrons. The van der Waals surface area contributed by atoms with Crippen LogP contribution in [0.15, 0.2) is 29.3 Å². The lowest BCUT2D eigenvalue weighted by atomic mass is 9.94. The van der Waals surface area contributed by atoms with Crippen molar-refractivity contribution in [2.75, 3.05) is 13.1 Å². The van der Waals surface area contributed by atoms with Gasteiger partial charge in [0.2, 0.25) is 5.96 Å². The molecule has 5 heteroatoms. The lowest BCUT2D eigenvalue weighted by Crippen LogP contribution is -2.31. The second kappa shape index (κ2) is 5.08. The summed E-state index contributed by atoms with van der Waals surface area (Å²) in [5, 5.41) is 7.80. The van der Waals surface area contributed by atoms with Crippen LogP contribution in [0.5, 0.6) is 0 Å². The second-order valence-corrected chi connectivity index (χ2v) is 4.65. The van der Waals surface area contributed by atoms with Crippen LogP contribution in [0.3, 0.4) is 0 Å². The second-order valence-electron chi connectivity index (χ2n) is 4.65. The van der Waals surface area contributed by atoms with Gasteiger partial charge in [0.1, 0.15) is 0 Å². The number of nitrogens with one attached hydrogen (secondary N) is 1. The maximum atomic E-state index is 7.80. The Morgan fingerprint density at radius 1 is 1.39 bits per heavy atom. The Hall–Kier alpha value is -2.04. The van der Waals surface area contributed by atoms with Crippen molar-refractivity contribution in [2.45, 2.75) is 19.3 Å². The molecule has 18 heavy (non-hydrogen) atoms. The van der Waals surface area contributed by atoms with E-state index in [-0.39, 0.29) is 11.9 Å². The molecule has 1 aliphatic heterocycles. The zero-order valence-electron chi connectivity index (χ0n) is 10.6. The van der Waals surface area contributed by atoms with E-state index in [0.717, 1.165) is 19.5 Å². The molecule has 0 spiro atoms. The average Bonchev–Trinajstić information content (AvgIpc) is 2.78. The van der Waals surface area contributed by atoms with Gasteiger partial charge in [0.05, 0.1) is 0 Å². The monoisotopic (exact) mass is 245 g/mol. The van der Waals surface area contributed by atoms with Crippen LogP contribution in [0.2, 0.25) is 0 Å². The predicted molar refractivity (Wildman–Crippen MR) is 73.6 cm³/mol. The molecular formula is C13H19N5. The molecule has 0 amide bonds. The van der Waals surface area contributed by atoms with Gasteiger partial charge in [0.15, 0.2) is 5.96 Å². The largest absolute Gasteiger partial charge is 0.370 e. The average molecular weight is 245 g/mol. The molecule has 0 radical (unpaired) electrons. The maximum absolute atomic E-state index is 7.80. The number of hydrogen-bond donors (Lipinski definition) is 3. The van der Waals surface area contributed by atoms with Gasteiger partial charge in [-0.25, -0.2) is 0 Å². The van der Waals surface area contributed by atoms with Gasteiger partial charge < -0.3 is 16.4 Å². The first-order chi connectivity index (χ1) is 8.58. The molecule has 2 rings (SSSR count). The molecule has 1 heterocycles. The zero-order valence-corrected chi connectivity index (χ0v) is 10.6. The number of benzene rings is 1. The van der Waals surface area contributed by atoms with Gasteiger partial charge in [-0.15, -0.1) is 0 Å². The van der Waals surface area contributed by atoms with Crippen LogP contribution in [0.4, 0.5) is 0 Å². The summed E-state index contributed by atoms with van der Waals surface area (Å²) in [5.41, 5.74) is 13.2. The van der Waals surface area contributed by atoms with Crippen molar-refractivity contribution < 1.29 is 0 Å². The number of nitrogens with zero attached hydrogens (tertiary/aromatic N) is 2. The SMILES string of the molecule is Cc1ccccc1C1CCN(C(=N)N=C(N)N)C1. The van der Waals surface area contributed by atoms with Crippen molar-refractivity contribution in [1.29, 1.82) is 5.41 Å². The molecule has 0 aliphatic carbocycles. The minimum Gasteiger partial charge on any atom is -0.370 e. The van der Waals surface area contributed by atoms with Crippen molar-refractivity contribution in [3.05, 3.63) is 35.4 Å². The molecule has 1 fully saturated rings. The minimum atomic E-state index is -0.0562. The molecule has 1 atom stereocenters. The molecule has 1 unspecified atom stereocenters. The summed E-state index contributed by atoms with van der Waals surface area (Å²) in [4.78, 5) is 5.70. The predicted octanol–water partition coefficient (Wildman–Crippen LogP) is 0.992. The highest BCUT2D eigenvalue weighted by molar-refractivity contribution is 5.91. The molecular weight excluding hydrogens is 226 g/mol. The number of likely N-dealkylation sites (tertiary alicyclic amines) is 1. The first-order valence-electron chi connectivity index (χ1n) is 6.06. The Morgan fingerprint density at radius 2 is 2.11 bits per heavy atom. The molecule has 1 aromatic carbocycles. The van der Waals surface area contributed by atoms with Crippen molar-refractivity contribution in [3.63, 3.8) is 0 Å². The van der Waals surface area contributed by atoms with Gasteiger partial charge in [-0.05, 0) is 24.5 Å². The van der Waals surface area contributed by atoms with Crippen molar-refractivity contribution in [1.82, 2.24) is 4.90 Å². The lowest BCUT2D eigenvalue weighted by Gasteiger charge is -2.17. The van der Waals surface area contributed by atoms with Gasteiger partial charge in [0.25, 0.3) is 0 Å². The third-order valence-corrected chi connectivity index (χ3v) is 3.35. The number of guanidine groups is 2. The summed E-state index contributed by atoms with van der Waals surface area (Å²) in [6.45, 7) is 3.76. The summed E-state index contributed by atoms with van der Waals surface area (Å²) in [6, 6.07) is 8.40. The Balaban J connectivity index is 2.07. The number of nitrogens with two attached hydrogens (primary N) is 2. The highest BCUT2D eigenvalue weighted by Crippen LogP contribution is 2.29. The third-order valence-electron chi connectivity index (χ3n) is 3.35. The summed E-state index contributed by atoms with van der Waals surface area (Å²) in [5.74, 6) is 0.561. The molecule has 0 aromatic heterocycles. The number of aliphatic imine (C=N–C) groups is 1. The van der Waals surface area contributed by atoms with E-state index in [1.165, 1.54) is 11.1 Å². The molecule has 1 saturated heterocycles. The Kier molecular flexibility index (Phi) is 3.50. The fraction of sp³-hybridized carbons (Fsp3) is 0.385. The summed E-state index contributed by atoms with van der Waals surface area (Å²) >= 11 is 0. The van der Waals surface area contributed by atoms with E-state index in [1.807, 2.05) is 11.0 Å². The Morgan fingerprint density at radius 3 is 2.78 bits per heavy atom. The highest BCUT2D eigenvalue weighted by Gasteiger charge is 2.26. The number of aryl methyl sites for hydroxylation is 1. The van der Waals surface area contributed by atoms with Crippen LogP contribution in [-0.2, 0) is 0 Å². The quantitative estimate of drug-likeness (QED) is 0.509. The number of rotatable bonds is 1.